The van der Waals surface area contributed by atoms with Crippen LogP contribution in [0, 0.1) is 6.20 Å². The molecule has 0 saturated heterocycles. The van der Waals surface area contributed by atoms with Gasteiger partial charge in [-0.3, -0.25) is 4.98 Å². The number of pyridine rings is 1. The Bertz CT molecular complexity index is 307. The molecule has 2 heterocycles. The Balaban J connectivity index is 2.46. The standard InChI is InChI=1S/C9H6N3/c1-2-8(4-10-3-1)9-5-11-7-12-6-9/h1-2,4-7H. The van der Waals surface area contributed by atoms with Crippen molar-refractivity contribution in [2.24, 2.45) is 0 Å². The van der Waals surface area contributed by atoms with Gasteiger partial charge in [-0.25, -0.2) is 9.97 Å². The molecule has 12 heavy (non-hydrogen) atoms. The van der Waals surface area contributed by atoms with Gasteiger partial charge in [0.1, 0.15) is 6.33 Å². The number of rotatable bonds is 1. The Morgan fingerprint density at radius 2 is 1.83 bits per heavy atom. The molecule has 3 nitrogen and oxygen atoms in total. The van der Waals surface area contributed by atoms with E-state index in [9.17, 15) is 0 Å². The molecule has 0 amide bonds. The summed E-state index contributed by atoms with van der Waals surface area (Å²) in [5.74, 6) is 0. The van der Waals surface area contributed by atoms with Crippen molar-refractivity contribution in [3.63, 3.8) is 0 Å². The average molecular weight is 156 g/mol. The molecule has 0 atom stereocenters. The molecule has 0 unspecified atom stereocenters. The Hall–Kier alpha value is -1.77. The zero-order chi connectivity index (χ0) is 8.23. The van der Waals surface area contributed by atoms with E-state index in [1.165, 1.54) is 6.33 Å². The van der Waals surface area contributed by atoms with Crippen molar-refractivity contribution in [1.29, 1.82) is 0 Å². The summed E-state index contributed by atoms with van der Waals surface area (Å²) in [7, 11) is 0. The Kier molecular flexibility index (Phi) is 1.78. The van der Waals surface area contributed by atoms with Crippen LogP contribution in [0.15, 0.2) is 37.1 Å². The van der Waals surface area contributed by atoms with Gasteiger partial charge in [0, 0.05) is 29.7 Å². The second-order valence-electron chi connectivity index (χ2n) is 2.30. The largest absolute Gasteiger partial charge is 0.254 e. The molecule has 0 bridgehead atoms. The van der Waals surface area contributed by atoms with Gasteiger partial charge in [-0.05, 0) is 6.07 Å². The van der Waals surface area contributed by atoms with Crippen LogP contribution in [0.1, 0.15) is 0 Å². The maximum atomic E-state index is 3.91. The molecule has 2 aromatic heterocycles. The lowest BCUT2D eigenvalue weighted by atomic mass is 10.2. The van der Waals surface area contributed by atoms with E-state index in [0.717, 1.165) is 11.1 Å². The van der Waals surface area contributed by atoms with Gasteiger partial charge in [-0.2, -0.15) is 0 Å². The highest BCUT2D eigenvalue weighted by Crippen LogP contribution is 2.13. The van der Waals surface area contributed by atoms with Crippen molar-refractivity contribution < 1.29 is 0 Å². The zero-order valence-electron chi connectivity index (χ0n) is 6.31. The highest BCUT2D eigenvalue weighted by Gasteiger charge is 1.94. The van der Waals surface area contributed by atoms with Crippen LogP contribution in [0.5, 0.6) is 0 Å². The monoisotopic (exact) mass is 156 g/mol. The van der Waals surface area contributed by atoms with E-state index in [2.05, 4.69) is 21.1 Å². The molecule has 0 aliphatic heterocycles. The van der Waals surface area contributed by atoms with Crippen molar-refractivity contribution >= 4 is 0 Å². The molecule has 2 aromatic rings. The summed E-state index contributed by atoms with van der Waals surface area (Å²) in [5, 5.41) is 0. The SMILES string of the molecule is [c]1ccc(-c2cncnc2)cn1. The van der Waals surface area contributed by atoms with Crippen LogP contribution in [0.2, 0.25) is 0 Å². The van der Waals surface area contributed by atoms with Crippen LogP contribution in [0.25, 0.3) is 11.1 Å². The molecule has 0 aromatic carbocycles. The van der Waals surface area contributed by atoms with E-state index in [1.807, 2.05) is 6.07 Å². The maximum absolute atomic E-state index is 3.91. The van der Waals surface area contributed by atoms with Gasteiger partial charge in [0.15, 0.2) is 0 Å². The summed E-state index contributed by atoms with van der Waals surface area (Å²) in [6.45, 7) is 0. The van der Waals surface area contributed by atoms with Gasteiger partial charge in [-0.15, -0.1) is 0 Å². The number of aromatic nitrogens is 3. The van der Waals surface area contributed by atoms with Gasteiger partial charge >= 0.3 is 0 Å². The number of hydrogen-bond donors (Lipinski definition) is 0. The fraction of sp³-hybridized carbons (Fsp3) is 0. The summed E-state index contributed by atoms with van der Waals surface area (Å²) >= 11 is 0. The van der Waals surface area contributed by atoms with Crippen LogP contribution in [-0.2, 0) is 0 Å². The van der Waals surface area contributed by atoms with Gasteiger partial charge < -0.3 is 0 Å². The third kappa shape index (κ3) is 1.29. The van der Waals surface area contributed by atoms with Crippen LogP contribution in [0.4, 0.5) is 0 Å². The number of nitrogens with zero attached hydrogens (tertiary/aromatic N) is 3. The Labute approximate surface area is 70.1 Å². The molecule has 0 aliphatic carbocycles. The van der Waals surface area contributed by atoms with Gasteiger partial charge in [0.05, 0.1) is 6.20 Å². The quantitative estimate of drug-likeness (QED) is 0.625. The molecular formula is C9H6N3. The highest BCUT2D eigenvalue weighted by molar-refractivity contribution is 5.59. The predicted octanol–water partition coefficient (Wildman–Crippen LogP) is 1.34. The van der Waals surface area contributed by atoms with E-state index in [1.54, 1.807) is 24.7 Å². The van der Waals surface area contributed by atoms with Crippen LogP contribution in [-0.4, -0.2) is 15.0 Å². The lowest BCUT2D eigenvalue weighted by Gasteiger charge is -1.96. The summed E-state index contributed by atoms with van der Waals surface area (Å²) in [5.41, 5.74) is 1.98. The van der Waals surface area contributed by atoms with Crippen molar-refractivity contribution in [2.75, 3.05) is 0 Å². The zero-order valence-corrected chi connectivity index (χ0v) is 6.31. The van der Waals surface area contributed by atoms with Crippen molar-refractivity contribution in [1.82, 2.24) is 15.0 Å². The highest BCUT2D eigenvalue weighted by atomic mass is 14.8. The first kappa shape index (κ1) is 6.91. The first-order chi connectivity index (χ1) is 5.97. The van der Waals surface area contributed by atoms with Gasteiger partial charge in [0.2, 0.25) is 0 Å². The number of hydrogen-bond acceptors (Lipinski definition) is 3. The lowest BCUT2D eigenvalue weighted by Crippen LogP contribution is -1.82. The first-order valence-corrected chi connectivity index (χ1v) is 3.54. The lowest BCUT2D eigenvalue weighted by molar-refractivity contribution is 1.17. The third-order valence-corrected chi connectivity index (χ3v) is 1.51. The average Bonchev–Trinajstić information content (AvgIpc) is 2.21. The van der Waals surface area contributed by atoms with Gasteiger partial charge in [-0.1, -0.05) is 6.07 Å². The summed E-state index contributed by atoms with van der Waals surface area (Å²) in [4.78, 5) is 11.7. The Morgan fingerprint density at radius 3 is 2.50 bits per heavy atom. The van der Waals surface area contributed by atoms with Crippen LogP contribution >= 0.6 is 0 Å². The maximum Gasteiger partial charge on any atom is 0.115 e. The van der Waals surface area contributed by atoms with Crippen molar-refractivity contribution in [3.05, 3.63) is 43.2 Å². The first-order valence-electron chi connectivity index (χ1n) is 3.54. The fourth-order valence-electron chi connectivity index (χ4n) is 0.939. The second kappa shape index (κ2) is 3.09. The summed E-state index contributed by atoms with van der Waals surface area (Å²) in [6.07, 6.45) is 9.46. The smallest absolute Gasteiger partial charge is 0.115 e. The minimum absolute atomic E-state index is 0.971. The summed E-state index contributed by atoms with van der Waals surface area (Å²) in [6, 6.07) is 3.69. The molecule has 0 fully saturated rings. The van der Waals surface area contributed by atoms with Crippen molar-refractivity contribution in [3.8, 4) is 11.1 Å². The minimum Gasteiger partial charge on any atom is -0.254 e. The van der Waals surface area contributed by atoms with E-state index < -0.39 is 0 Å². The van der Waals surface area contributed by atoms with Crippen molar-refractivity contribution in [2.45, 2.75) is 0 Å². The van der Waals surface area contributed by atoms with Crippen LogP contribution in [0.3, 0.4) is 0 Å². The van der Waals surface area contributed by atoms with E-state index in [-0.39, 0.29) is 0 Å². The molecule has 0 saturated carbocycles. The molecule has 1 radical (unpaired) electrons. The normalized spacial score (nSPS) is 9.67. The minimum atomic E-state index is 0.971. The topological polar surface area (TPSA) is 38.7 Å². The van der Waals surface area contributed by atoms with E-state index >= 15 is 0 Å². The van der Waals surface area contributed by atoms with E-state index in [4.69, 9.17) is 0 Å². The third-order valence-electron chi connectivity index (χ3n) is 1.51. The molecular weight excluding hydrogens is 150 g/mol. The summed E-state index contributed by atoms with van der Waals surface area (Å²) < 4.78 is 0. The molecule has 57 valence electrons. The fourth-order valence-corrected chi connectivity index (χ4v) is 0.939. The molecule has 3 heteroatoms. The second-order valence-corrected chi connectivity index (χ2v) is 2.30. The van der Waals surface area contributed by atoms with Gasteiger partial charge in [0.25, 0.3) is 0 Å². The van der Waals surface area contributed by atoms with Crippen LogP contribution < -0.4 is 0 Å². The molecule has 0 N–H and O–H groups in total. The molecule has 0 aliphatic rings. The molecule has 0 spiro atoms. The molecule has 2 rings (SSSR count). The predicted molar refractivity (Wildman–Crippen MR) is 44.1 cm³/mol. The Morgan fingerprint density at radius 1 is 1.00 bits per heavy atom. The van der Waals surface area contributed by atoms with E-state index in [0.29, 0.717) is 0 Å².